The number of amides is 1. The second kappa shape index (κ2) is 6.44. The zero-order valence-corrected chi connectivity index (χ0v) is 14.0. The Hall–Kier alpha value is -3.48. The van der Waals surface area contributed by atoms with E-state index >= 15 is 0 Å². The highest BCUT2D eigenvalue weighted by atomic mass is 19.1. The second-order valence-electron chi connectivity index (χ2n) is 6.06. The van der Waals surface area contributed by atoms with E-state index in [-0.39, 0.29) is 11.7 Å². The number of fused-ring (bicyclic) bond motifs is 1. The third-order valence-corrected chi connectivity index (χ3v) is 4.28. The van der Waals surface area contributed by atoms with Crippen LogP contribution in [-0.2, 0) is 6.54 Å². The molecule has 2 N–H and O–H groups in total. The molecule has 0 radical (unpaired) electrons. The van der Waals surface area contributed by atoms with Gasteiger partial charge in [0.2, 0.25) is 0 Å². The zero-order valence-electron chi connectivity index (χ0n) is 14.0. The Morgan fingerprint density at radius 1 is 1.12 bits per heavy atom. The molecule has 2 aromatic heterocycles. The van der Waals surface area contributed by atoms with E-state index in [2.05, 4.69) is 20.4 Å². The fourth-order valence-corrected chi connectivity index (χ4v) is 2.93. The minimum Gasteiger partial charge on any atom is -0.336 e. The maximum absolute atomic E-state index is 13.1. The molecule has 0 bridgehead atoms. The largest absolute Gasteiger partial charge is 0.336 e. The fourth-order valence-electron chi connectivity index (χ4n) is 2.93. The van der Waals surface area contributed by atoms with Crippen molar-refractivity contribution in [3.05, 3.63) is 71.8 Å². The molecule has 0 atom stereocenters. The second-order valence-corrected chi connectivity index (χ2v) is 6.06. The van der Waals surface area contributed by atoms with Gasteiger partial charge in [0.25, 0.3) is 5.91 Å². The van der Waals surface area contributed by atoms with Crippen molar-refractivity contribution in [1.82, 2.24) is 25.3 Å². The molecule has 4 rings (SSSR count). The van der Waals surface area contributed by atoms with Crippen molar-refractivity contribution in [2.45, 2.75) is 6.54 Å². The van der Waals surface area contributed by atoms with Crippen molar-refractivity contribution >= 4 is 16.8 Å². The summed E-state index contributed by atoms with van der Waals surface area (Å²) in [5, 5.41) is 14.8. The van der Waals surface area contributed by atoms with Crippen molar-refractivity contribution in [1.29, 1.82) is 0 Å². The summed E-state index contributed by atoms with van der Waals surface area (Å²) in [6.45, 7) is 0.350. The third kappa shape index (κ3) is 2.83. The molecule has 2 heterocycles. The molecule has 26 heavy (non-hydrogen) atoms. The van der Waals surface area contributed by atoms with Crippen LogP contribution < -0.4 is 0 Å². The highest BCUT2D eigenvalue weighted by Gasteiger charge is 2.20. The number of carbonyl (C=O) groups excluding carboxylic acids is 1. The van der Waals surface area contributed by atoms with Gasteiger partial charge in [-0.15, -0.1) is 0 Å². The number of H-pyrrole nitrogens is 2. The number of nitrogens with one attached hydrogen (secondary N) is 2. The maximum atomic E-state index is 13.1. The minimum atomic E-state index is -0.299. The van der Waals surface area contributed by atoms with Gasteiger partial charge >= 0.3 is 0 Å². The lowest BCUT2D eigenvalue weighted by molar-refractivity contribution is 0.0781. The van der Waals surface area contributed by atoms with Gasteiger partial charge in [-0.1, -0.05) is 18.2 Å². The molecule has 0 aliphatic rings. The molecule has 0 saturated heterocycles. The highest BCUT2D eigenvalue weighted by Crippen LogP contribution is 2.23. The first-order chi connectivity index (χ1) is 12.6. The molecule has 4 aromatic rings. The van der Waals surface area contributed by atoms with Gasteiger partial charge in [0, 0.05) is 30.1 Å². The summed E-state index contributed by atoms with van der Waals surface area (Å²) in [6, 6.07) is 13.6. The molecule has 7 heteroatoms. The van der Waals surface area contributed by atoms with E-state index in [4.69, 9.17) is 0 Å². The summed E-state index contributed by atoms with van der Waals surface area (Å²) < 4.78 is 13.1. The topological polar surface area (TPSA) is 77.7 Å². The number of halogens is 1. The number of hydrogen-bond donors (Lipinski definition) is 2. The van der Waals surface area contributed by atoms with Crippen LogP contribution in [0.3, 0.4) is 0 Å². The number of para-hydroxylation sites is 1. The van der Waals surface area contributed by atoms with E-state index in [0.717, 1.165) is 27.7 Å². The Bertz CT molecular complexity index is 1070. The molecule has 0 saturated carbocycles. The fraction of sp³-hybridized carbons (Fsp3) is 0.105. The van der Waals surface area contributed by atoms with Crippen molar-refractivity contribution in [2.75, 3.05) is 7.05 Å². The smallest absolute Gasteiger partial charge is 0.275 e. The predicted molar refractivity (Wildman–Crippen MR) is 95.9 cm³/mol. The minimum absolute atomic E-state index is 0.186. The summed E-state index contributed by atoms with van der Waals surface area (Å²) in [5.74, 6) is -0.485. The van der Waals surface area contributed by atoms with Crippen molar-refractivity contribution in [2.24, 2.45) is 0 Å². The van der Waals surface area contributed by atoms with Gasteiger partial charge in [-0.05, 0) is 30.3 Å². The Balaban J connectivity index is 1.59. The van der Waals surface area contributed by atoms with Gasteiger partial charge in [0.15, 0.2) is 5.69 Å². The molecule has 6 nitrogen and oxygen atoms in total. The summed E-state index contributed by atoms with van der Waals surface area (Å²) in [5.41, 5.74) is 3.61. The number of aromatic nitrogens is 4. The van der Waals surface area contributed by atoms with Crippen molar-refractivity contribution < 1.29 is 9.18 Å². The Morgan fingerprint density at radius 3 is 2.69 bits per heavy atom. The van der Waals surface area contributed by atoms with E-state index in [1.807, 2.05) is 24.3 Å². The zero-order chi connectivity index (χ0) is 18.1. The van der Waals surface area contributed by atoms with Crippen LogP contribution in [0.2, 0.25) is 0 Å². The molecular formula is C19H16FN5O. The number of benzene rings is 2. The van der Waals surface area contributed by atoms with E-state index in [1.165, 1.54) is 12.1 Å². The lowest BCUT2D eigenvalue weighted by Crippen LogP contribution is -2.26. The number of rotatable bonds is 4. The van der Waals surface area contributed by atoms with Crippen LogP contribution in [0.1, 0.15) is 16.1 Å². The van der Waals surface area contributed by atoms with Crippen LogP contribution in [0.25, 0.3) is 22.2 Å². The number of aromatic amines is 2. The Kier molecular flexibility index (Phi) is 3.96. The molecule has 2 aromatic carbocycles. The summed E-state index contributed by atoms with van der Waals surface area (Å²) in [6.07, 6.45) is 1.67. The molecule has 0 unspecified atom stereocenters. The highest BCUT2D eigenvalue weighted by molar-refractivity contribution is 6.04. The van der Waals surface area contributed by atoms with E-state index in [9.17, 15) is 9.18 Å². The lowest BCUT2D eigenvalue weighted by atomic mass is 10.1. The molecule has 130 valence electrons. The first-order valence-electron chi connectivity index (χ1n) is 8.10. The number of carbonyl (C=O) groups is 1. The standard InChI is InChI=1S/C19H16FN5O/c1-25(19(26)18-15-4-2-3-5-16(15)22-24-18)11-13-10-21-23-17(13)12-6-8-14(20)9-7-12/h2-10H,11H2,1H3,(H,21,23)(H,22,24). The molecule has 1 amide bonds. The molecule has 0 spiro atoms. The summed E-state index contributed by atoms with van der Waals surface area (Å²) >= 11 is 0. The molecule has 0 aliphatic carbocycles. The summed E-state index contributed by atoms with van der Waals surface area (Å²) in [4.78, 5) is 14.4. The predicted octanol–water partition coefficient (Wildman–Crippen LogP) is 3.36. The first kappa shape index (κ1) is 16.0. The Labute approximate surface area is 148 Å². The van der Waals surface area contributed by atoms with Crippen LogP contribution in [0.15, 0.2) is 54.7 Å². The molecule has 0 fully saturated rings. The number of hydrogen-bond acceptors (Lipinski definition) is 3. The normalized spacial score (nSPS) is 11.0. The van der Waals surface area contributed by atoms with Gasteiger partial charge < -0.3 is 4.90 Å². The average Bonchev–Trinajstić information content (AvgIpc) is 3.28. The van der Waals surface area contributed by atoms with Crippen LogP contribution in [0.4, 0.5) is 4.39 Å². The van der Waals surface area contributed by atoms with Crippen molar-refractivity contribution in [3.8, 4) is 11.3 Å². The van der Waals surface area contributed by atoms with E-state index in [0.29, 0.717) is 12.2 Å². The number of nitrogens with zero attached hydrogens (tertiary/aromatic N) is 3. The van der Waals surface area contributed by atoms with Crippen LogP contribution in [0.5, 0.6) is 0 Å². The average molecular weight is 349 g/mol. The maximum Gasteiger partial charge on any atom is 0.275 e. The lowest BCUT2D eigenvalue weighted by Gasteiger charge is -2.16. The van der Waals surface area contributed by atoms with Gasteiger partial charge in [-0.3, -0.25) is 15.0 Å². The third-order valence-electron chi connectivity index (χ3n) is 4.28. The molecular weight excluding hydrogens is 333 g/mol. The Morgan fingerprint density at radius 2 is 1.88 bits per heavy atom. The monoisotopic (exact) mass is 349 g/mol. The first-order valence-corrected chi connectivity index (χ1v) is 8.10. The SMILES string of the molecule is CN(Cc1cn[nH]c1-c1ccc(F)cc1)C(=O)c1n[nH]c2ccccc12. The quantitative estimate of drug-likeness (QED) is 0.593. The van der Waals surface area contributed by atoms with Crippen molar-refractivity contribution in [3.63, 3.8) is 0 Å². The van der Waals surface area contributed by atoms with Crippen LogP contribution in [-0.4, -0.2) is 38.2 Å². The molecule has 0 aliphatic heterocycles. The van der Waals surface area contributed by atoms with Gasteiger partial charge in [0.05, 0.1) is 17.4 Å². The van der Waals surface area contributed by atoms with E-state index in [1.54, 1.807) is 30.3 Å². The van der Waals surface area contributed by atoms with Gasteiger partial charge in [-0.25, -0.2) is 4.39 Å². The van der Waals surface area contributed by atoms with Gasteiger partial charge in [0.1, 0.15) is 5.82 Å². The van der Waals surface area contributed by atoms with Crippen LogP contribution in [0, 0.1) is 5.82 Å². The van der Waals surface area contributed by atoms with Gasteiger partial charge in [-0.2, -0.15) is 10.2 Å². The van der Waals surface area contributed by atoms with E-state index < -0.39 is 0 Å². The summed E-state index contributed by atoms with van der Waals surface area (Å²) in [7, 11) is 1.72. The van der Waals surface area contributed by atoms with Crippen LogP contribution >= 0.6 is 0 Å².